The van der Waals surface area contributed by atoms with Crippen molar-refractivity contribution < 1.29 is 14.7 Å². The molecule has 4 N–H and O–H groups in total. The van der Waals surface area contributed by atoms with Crippen LogP contribution < -0.4 is 11.1 Å². The fourth-order valence-corrected chi connectivity index (χ4v) is 0.514. The summed E-state index contributed by atoms with van der Waals surface area (Å²) in [6, 6.07) is -1.04. The number of carbonyl (C=O) groups excluding carboxylic acids is 1. The van der Waals surface area contributed by atoms with Crippen LogP contribution >= 0.6 is 0 Å². The highest BCUT2D eigenvalue weighted by atomic mass is 16.4. The monoisotopic (exact) mass is 172 g/mol. The van der Waals surface area contributed by atoms with Crippen molar-refractivity contribution in [3.63, 3.8) is 0 Å². The summed E-state index contributed by atoms with van der Waals surface area (Å²) in [7, 11) is 0. The predicted octanol–water partition coefficient (Wildman–Crippen LogP) is -0.909. The second kappa shape index (κ2) is 5.31. The van der Waals surface area contributed by atoms with Crippen molar-refractivity contribution >= 4 is 11.9 Å². The van der Waals surface area contributed by atoms with Crippen LogP contribution in [0.2, 0.25) is 0 Å². The highest BCUT2D eigenvalue weighted by Crippen LogP contribution is 1.81. The number of carboxylic acids is 1. The Balaban J connectivity index is 3.60. The number of amides is 1. The first-order valence-corrected chi connectivity index (χ1v) is 3.44. The molecule has 68 valence electrons. The summed E-state index contributed by atoms with van der Waals surface area (Å²) in [5.41, 5.74) is 5.12. The fourth-order valence-electron chi connectivity index (χ4n) is 0.514. The maximum absolute atomic E-state index is 10.7. The van der Waals surface area contributed by atoms with Crippen molar-refractivity contribution in [2.75, 3.05) is 6.54 Å². The molecule has 0 spiro atoms. The Kier molecular flexibility index (Phi) is 4.71. The molecule has 0 aromatic carbocycles. The van der Waals surface area contributed by atoms with Crippen LogP contribution in [-0.2, 0) is 9.59 Å². The van der Waals surface area contributed by atoms with E-state index in [1.54, 1.807) is 0 Å². The largest absolute Gasteiger partial charge is 0.480 e. The van der Waals surface area contributed by atoms with Crippen LogP contribution in [0.3, 0.4) is 0 Å². The number of hydrogen-bond acceptors (Lipinski definition) is 3. The molecule has 0 saturated carbocycles. The minimum Gasteiger partial charge on any atom is -0.480 e. The Morgan fingerprint density at radius 1 is 1.67 bits per heavy atom. The van der Waals surface area contributed by atoms with Crippen molar-refractivity contribution in [3.05, 3.63) is 12.7 Å². The third-order valence-electron chi connectivity index (χ3n) is 1.17. The Morgan fingerprint density at radius 2 is 2.25 bits per heavy atom. The smallest absolute Gasteiger partial charge is 0.322 e. The van der Waals surface area contributed by atoms with E-state index >= 15 is 0 Å². The SMILES string of the molecule is C=CCC(=O)NC[C@H](N)C(=O)O. The lowest BCUT2D eigenvalue weighted by molar-refractivity contribution is -0.138. The van der Waals surface area contributed by atoms with Gasteiger partial charge in [-0.15, -0.1) is 6.58 Å². The van der Waals surface area contributed by atoms with Crippen LogP contribution in [0.25, 0.3) is 0 Å². The number of nitrogens with one attached hydrogen (secondary N) is 1. The third kappa shape index (κ3) is 4.45. The summed E-state index contributed by atoms with van der Waals surface area (Å²) in [6.45, 7) is 3.30. The molecule has 0 radical (unpaired) electrons. The predicted molar refractivity (Wildman–Crippen MR) is 43.4 cm³/mol. The van der Waals surface area contributed by atoms with Crippen LogP contribution in [0.1, 0.15) is 6.42 Å². The quantitative estimate of drug-likeness (QED) is 0.468. The van der Waals surface area contributed by atoms with Crippen molar-refractivity contribution in [2.45, 2.75) is 12.5 Å². The molecule has 0 fully saturated rings. The molecule has 0 aromatic heterocycles. The maximum atomic E-state index is 10.7. The number of nitrogens with two attached hydrogens (primary N) is 1. The summed E-state index contributed by atoms with van der Waals surface area (Å²) >= 11 is 0. The van der Waals surface area contributed by atoms with E-state index in [0.717, 1.165) is 0 Å². The van der Waals surface area contributed by atoms with Crippen molar-refractivity contribution in [2.24, 2.45) is 5.73 Å². The fraction of sp³-hybridized carbons (Fsp3) is 0.429. The number of carbonyl (C=O) groups is 2. The molecule has 12 heavy (non-hydrogen) atoms. The molecular formula is C7H12N2O3. The lowest BCUT2D eigenvalue weighted by atomic mass is 10.3. The lowest BCUT2D eigenvalue weighted by Crippen LogP contribution is -2.42. The Morgan fingerprint density at radius 3 is 2.67 bits per heavy atom. The highest BCUT2D eigenvalue weighted by Gasteiger charge is 2.11. The number of hydrogen-bond donors (Lipinski definition) is 3. The van der Waals surface area contributed by atoms with Gasteiger partial charge in [-0.05, 0) is 0 Å². The standard InChI is InChI=1S/C7H12N2O3/c1-2-3-6(10)9-4-5(8)7(11)12/h2,5H,1,3-4,8H2,(H,9,10)(H,11,12)/t5-/m0/s1. The van der Waals surface area contributed by atoms with E-state index in [4.69, 9.17) is 10.8 Å². The van der Waals surface area contributed by atoms with Crippen LogP contribution in [0.15, 0.2) is 12.7 Å². The van der Waals surface area contributed by atoms with E-state index in [9.17, 15) is 9.59 Å². The molecule has 0 aliphatic rings. The molecule has 0 unspecified atom stereocenters. The van der Waals surface area contributed by atoms with Gasteiger partial charge in [-0.1, -0.05) is 6.08 Å². The van der Waals surface area contributed by atoms with Crippen LogP contribution in [0, 0.1) is 0 Å². The molecule has 1 atom stereocenters. The minimum absolute atomic E-state index is 0.0536. The summed E-state index contributed by atoms with van der Waals surface area (Å²) in [5.74, 6) is -1.41. The molecular weight excluding hydrogens is 160 g/mol. The molecule has 0 heterocycles. The average Bonchev–Trinajstić information content (AvgIpc) is 2.00. The second-order valence-corrected chi connectivity index (χ2v) is 2.24. The Bertz CT molecular complexity index is 191. The first-order valence-electron chi connectivity index (χ1n) is 3.44. The molecule has 0 rings (SSSR count). The highest BCUT2D eigenvalue weighted by molar-refractivity contribution is 5.79. The van der Waals surface area contributed by atoms with Crippen LogP contribution in [0.5, 0.6) is 0 Å². The van der Waals surface area contributed by atoms with E-state index in [0.29, 0.717) is 0 Å². The second-order valence-electron chi connectivity index (χ2n) is 2.24. The van der Waals surface area contributed by atoms with Gasteiger partial charge in [0.25, 0.3) is 0 Å². The van der Waals surface area contributed by atoms with Crippen LogP contribution in [-0.4, -0.2) is 29.6 Å². The van der Waals surface area contributed by atoms with Crippen molar-refractivity contribution in [1.82, 2.24) is 5.32 Å². The van der Waals surface area contributed by atoms with Gasteiger partial charge in [0.05, 0.1) is 0 Å². The number of rotatable bonds is 5. The lowest BCUT2D eigenvalue weighted by Gasteiger charge is -2.06. The van der Waals surface area contributed by atoms with Gasteiger partial charge in [0, 0.05) is 13.0 Å². The summed E-state index contributed by atoms with van der Waals surface area (Å²) in [5, 5.41) is 10.7. The molecule has 0 aliphatic carbocycles. The molecule has 5 heteroatoms. The number of carboxylic acid groups (broad SMARTS) is 1. The zero-order chi connectivity index (χ0) is 9.56. The van der Waals surface area contributed by atoms with Gasteiger partial charge >= 0.3 is 5.97 Å². The topological polar surface area (TPSA) is 92.4 Å². The van der Waals surface area contributed by atoms with Gasteiger partial charge in [-0.2, -0.15) is 0 Å². The molecule has 1 amide bonds. The van der Waals surface area contributed by atoms with E-state index in [-0.39, 0.29) is 18.9 Å². The summed E-state index contributed by atoms with van der Waals surface area (Å²) < 4.78 is 0. The third-order valence-corrected chi connectivity index (χ3v) is 1.17. The van der Waals surface area contributed by atoms with Crippen LogP contribution in [0.4, 0.5) is 0 Å². The first kappa shape index (κ1) is 10.6. The molecule has 0 saturated heterocycles. The van der Waals surface area contributed by atoms with Gasteiger partial charge in [-0.3, -0.25) is 9.59 Å². The van der Waals surface area contributed by atoms with E-state index in [1.165, 1.54) is 6.08 Å². The molecule has 5 nitrogen and oxygen atoms in total. The van der Waals surface area contributed by atoms with Gasteiger partial charge in [0.1, 0.15) is 6.04 Å². The minimum atomic E-state index is -1.13. The Hall–Kier alpha value is -1.36. The zero-order valence-electron chi connectivity index (χ0n) is 6.62. The summed E-state index contributed by atoms with van der Waals surface area (Å²) in [6.07, 6.45) is 1.61. The van der Waals surface area contributed by atoms with E-state index < -0.39 is 12.0 Å². The molecule has 0 bridgehead atoms. The summed E-state index contributed by atoms with van der Waals surface area (Å²) in [4.78, 5) is 20.9. The molecule has 0 aromatic rings. The zero-order valence-corrected chi connectivity index (χ0v) is 6.62. The van der Waals surface area contributed by atoms with E-state index in [1.807, 2.05) is 0 Å². The average molecular weight is 172 g/mol. The van der Waals surface area contributed by atoms with Gasteiger partial charge < -0.3 is 16.2 Å². The maximum Gasteiger partial charge on any atom is 0.322 e. The van der Waals surface area contributed by atoms with Gasteiger partial charge in [0.15, 0.2) is 0 Å². The van der Waals surface area contributed by atoms with Gasteiger partial charge in [-0.25, -0.2) is 0 Å². The van der Waals surface area contributed by atoms with Crippen molar-refractivity contribution in [3.8, 4) is 0 Å². The van der Waals surface area contributed by atoms with Gasteiger partial charge in [0.2, 0.25) is 5.91 Å². The van der Waals surface area contributed by atoms with E-state index in [2.05, 4.69) is 11.9 Å². The molecule has 0 aliphatic heterocycles. The normalized spacial score (nSPS) is 11.8. The van der Waals surface area contributed by atoms with Crippen molar-refractivity contribution in [1.29, 1.82) is 0 Å². The first-order chi connectivity index (χ1) is 5.57. The Labute approximate surface area is 70.2 Å². The number of aliphatic carboxylic acids is 1.